The van der Waals surface area contributed by atoms with Gasteiger partial charge in [0.15, 0.2) is 0 Å². The fourth-order valence-electron chi connectivity index (χ4n) is 2.96. The van der Waals surface area contributed by atoms with Crippen molar-refractivity contribution in [1.82, 2.24) is 15.5 Å². The third-order valence-electron chi connectivity index (χ3n) is 3.84. The minimum Gasteiger partial charge on any atom is -0.352 e. The SMILES string of the molecule is CC(C)CC(CN(C)C)NC(=O)CCC1CCCCN1. The van der Waals surface area contributed by atoms with E-state index in [-0.39, 0.29) is 11.9 Å². The minimum atomic E-state index is 0.213. The first-order chi connectivity index (χ1) is 9.47. The molecule has 2 unspecified atom stereocenters. The number of rotatable bonds is 8. The van der Waals surface area contributed by atoms with Crippen LogP contribution in [0.5, 0.6) is 0 Å². The molecule has 118 valence electrons. The number of hydrogen-bond acceptors (Lipinski definition) is 3. The maximum absolute atomic E-state index is 12.1. The van der Waals surface area contributed by atoms with Crippen LogP contribution in [0.2, 0.25) is 0 Å². The van der Waals surface area contributed by atoms with Crippen LogP contribution in [0, 0.1) is 5.92 Å². The van der Waals surface area contributed by atoms with Crippen molar-refractivity contribution in [1.29, 1.82) is 0 Å². The summed E-state index contributed by atoms with van der Waals surface area (Å²) >= 11 is 0. The van der Waals surface area contributed by atoms with Gasteiger partial charge in [0, 0.05) is 25.0 Å². The molecular formula is C16H33N3O. The first kappa shape index (κ1) is 17.4. The van der Waals surface area contributed by atoms with Crippen LogP contribution >= 0.6 is 0 Å². The van der Waals surface area contributed by atoms with Gasteiger partial charge in [0.25, 0.3) is 0 Å². The molecule has 0 spiro atoms. The predicted molar refractivity (Wildman–Crippen MR) is 84.8 cm³/mol. The van der Waals surface area contributed by atoms with E-state index in [1.54, 1.807) is 0 Å². The molecule has 20 heavy (non-hydrogen) atoms. The minimum absolute atomic E-state index is 0.213. The summed E-state index contributed by atoms with van der Waals surface area (Å²) in [7, 11) is 4.12. The topological polar surface area (TPSA) is 44.4 Å². The fraction of sp³-hybridized carbons (Fsp3) is 0.938. The summed E-state index contributed by atoms with van der Waals surface area (Å²) in [6.07, 6.45) is 6.48. The second kappa shape index (κ2) is 9.35. The van der Waals surface area contributed by atoms with Crippen molar-refractivity contribution in [2.75, 3.05) is 27.2 Å². The van der Waals surface area contributed by atoms with Gasteiger partial charge in [-0.2, -0.15) is 0 Å². The Kier molecular flexibility index (Phi) is 8.15. The third kappa shape index (κ3) is 7.85. The van der Waals surface area contributed by atoms with E-state index in [0.717, 1.165) is 25.9 Å². The van der Waals surface area contributed by atoms with Gasteiger partial charge in [0.2, 0.25) is 5.91 Å². The molecule has 1 rings (SSSR count). The monoisotopic (exact) mass is 283 g/mol. The molecule has 0 aromatic carbocycles. The molecule has 1 aliphatic heterocycles. The van der Waals surface area contributed by atoms with Crippen LogP contribution < -0.4 is 10.6 Å². The third-order valence-corrected chi connectivity index (χ3v) is 3.84. The van der Waals surface area contributed by atoms with Gasteiger partial charge in [-0.05, 0) is 52.2 Å². The molecule has 1 amide bonds. The zero-order valence-electron chi connectivity index (χ0n) is 13.7. The summed E-state index contributed by atoms with van der Waals surface area (Å²) in [4.78, 5) is 14.3. The lowest BCUT2D eigenvalue weighted by Gasteiger charge is -2.25. The summed E-state index contributed by atoms with van der Waals surface area (Å²) in [5.41, 5.74) is 0. The summed E-state index contributed by atoms with van der Waals surface area (Å²) in [5.74, 6) is 0.824. The number of nitrogens with zero attached hydrogens (tertiary/aromatic N) is 1. The number of likely N-dealkylation sites (N-methyl/N-ethyl adjacent to an activating group) is 1. The molecule has 0 aromatic heterocycles. The molecule has 4 nitrogen and oxygen atoms in total. The highest BCUT2D eigenvalue weighted by Crippen LogP contribution is 2.12. The van der Waals surface area contributed by atoms with E-state index in [2.05, 4.69) is 43.5 Å². The number of amides is 1. The van der Waals surface area contributed by atoms with Crippen molar-refractivity contribution in [3.8, 4) is 0 Å². The number of nitrogens with one attached hydrogen (secondary N) is 2. The Morgan fingerprint density at radius 3 is 2.65 bits per heavy atom. The Bertz CT molecular complexity index is 263. The molecule has 0 aliphatic carbocycles. The van der Waals surface area contributed by atoms with Crippen LogP contribution in [-0.4, -0.2) is 50.1 Å². The second-order valence-corrected chi connectivity index (χ2v) is 6.84. The van der Waals surface area contributed by atoms with Crippen molar-refractivity contribution >= 4 is 5.91 Å². The first-order valence-corrected chi connectivity index (χ1v) is 8.15. The quantitative estimate of drug-likeness (QED) is 0.716. The first-order valence-electron chi connectivity index (χ1n) is 8.15. The zero-order valence-corrected chi connectivity index (χ0v) is 13.7. The highest BCUT2D eigenvalue weighted by Gasteiger charge is 2.17. The number of hydrogen-bond donors (Lipinski definition) is 2. The summed E-state index contributed by atoms with van der Waals surface area (Å²) < 4.78 is 0. The fourth-order valence-corrected chi connectivity index (χ4v) is 2.96. The Morgan fingerprint density at radius 2 is 2.10 bits per heavy atom. The van der Waals surface area contributed by atoms with Crippen LogP contribution in [0.1, 0.15) is 52.4 Å². The number of carbonyl (C=O) groups is 1. The Balaban J connectivity index is 2.28. The highest BCUT2D eigenvalue weighted by atomic mass is 16.1. The average Bonchev–Trinajstić information content (AvgIpc) is 2.36. The van der Waals surface area contributed by atoms with Gasteiger partial charge in [0.1, 0.15) is 0 Å². The lowest BCUT2D eigenvalue weighted by atomic mass is 10.00. The number of carbonyl (C=O) groups excluding carboxylic acids is 1. The number of piperidine rings is 1. The van der Waals surface area contributed by atoms with Crippen molar-refractivity contribution in [3.05, 3.63) is 0 Å². The molecule has 1 saturated heterocycles. The lowest BCUT2D eigenvalue weighted by Crippen LogP contribution is -2.43. The van der Waals surface area contributed by atoms with Crippen molar-refractivity contribution in [2.45, 2.75) is 64.5 Å². The second-order valence-electron chi connectivity index (χ2n) is 6.84. The van der Waals surface area contributed by atoms with Gasteiger partial charge in [-0.15, -0.1) is 0 Å². The van der Waals surface area contributed by atoms with Crippen molar-refractivity contribution in [2.24, 2.45) is 5.92 Å². The normalized spacial score (nSPS) is 21.2. The molecule has 1 fully saturated rings. The Labute approximate surface area is 124 Å². The van der Waals surface area contributed by atoms with Crippen LogP contribution in [0.4, 0.5) is 0 Å². The maximum atomic E-state index is 12.1. The molecule has 1 heterocycles. The molecule has 1 aliphatic rings. The van der Waals surface area contributed by atoms with E-state index in [0.29, 0.717) is 18.4 Å². The molecule has 4 heteroatoms. The summed E-state index contributed by atoms with van der Waals surface area (Å²) in [6.45, 7) is 6.45. The molecular weight excluding hydrogens is 250 g/mol. The molecule has 2 atom stereocenters. The molecule has 0 aromatic rings. The van der Waals surface area contributed by atoms with Gasteiger partial charge in [0.05, 0.1) is 0 Å². The van der Waals surface area contributed by atoms with Gasteiger partial charge < -0.3 is 15.5 Å². The van der Waals surface area contributed by atoms with Gasteiger partial charge >= 0.3 is 0 Å². The summed E-state index contributed by atoms with van der Waals surface area (Å²) in [5, 5.41) is 6.71. The Hall–Kier alpha value is -0.610. The van der Waals surface area contributed by atoms with Crippen LogP contribution in [0.15, 0.2) is 0 Å². The van der Waals surface area contributed by atoms with Gasteiger partial charge in [-0.25, -0.2) is 0 Å². The lowest BCUT2D eigenvalue weighted by molar-refractivity contribution is -0.122. The predicted octanol–water partition coefficient (Wildman–Crippen LogP) is 2.00. The van der Waals surface area contributed by atoms with Crippen molar-refractivity contribution < 1.29 is 4.79 Å². The smallest absolute Gasteiger partial charge is 0.220 e. The van der Waals surface area contributed by atoms with Crippen molar-refractivity contribution in [3.63, 3.8) is 0 Å². The van der Waals surface area contributed by atoms with E-state index < -0.39 is 0 Å². The highest BCUT2D eigenvalue weighted by molar-refractivity contribution is 5.76. The average molecular weight is 283 g/mol. The molecule has 0 bridgehead atoms. The largest absolute Gasteiger partial charge is 0.352 e. The van der Waals surface area contributed by atoms with E-state index in [1.807, 2.05) is 0 Å². The molecule has 0 saturated carbocycles. The van der Waals surface area contributed by atoms with E-state index in [1.165, 1.54) is 19.3 Å². The zero-order chi connectivity index (χ0) is 15.0. The van der Waals surface area contributed by atoms with Crippen LogP contribution in [-0.2, 0) is 4.79 Å². The van der Waals surface area contributed by atoms with Gasteiger partial charge in [-0.1, -0.05) is 20.3 Å². The molecule has 0 radical (unpaired) electrons. The Morgan fingerprint density at radius 1 is 1.35 bits per heavy atom. The maximum Gasteiger partial charge on any atom is 0.220 e. The summed E-state index contributed by atoms with van der Waals surface area (Å²) in [6, 6.07) is 0.823. The van der Waals surface area contributed by atoms with E-state index in [9.17, 15) is 4.79 Å². The van der Waals surface area contributed by atoms with Crippen LogP contribution in [0.3, 0.4) is 0 Å². The van der Waals surface area contributed by atoms with Crippen LogP contribution in [0.25, 0.3) is 0 Å². The standard InChI is InChI=1S/C16H33N3O/c1-13(2)11-15(12-19(3)4)18-16(20)9-8-14-7-5-6-10-17-14/h13-15,17H,5-12H2,1-4H3,(H,18,20). The molecule has 2 N–H and O–H groups in total. The van der Waals surface area contributed by atoms with E-state index >= 15 is 0 Å². The van der Waals surface area contributed by atoms with Gasteiger partial charge in [-0.3, -0.25) is 4.79 Å². The van der Waals surface area contributed by atoms with E-state index in [4.69, 9.17) is 0 Å².